The molecule has 5 rings (SSSR count). The highest BCUT2D eigenvalue weighted by Gasteiger charge is 2.23. The van der Waals surface area contributed by atoms with Crippen LogP contribution in [0.5, 0.6) is 0 Å². The Kier molecular flexibility index (Phi) is 4.51. The number of nitrogens with zero attached hydrogens (tertiary/aromatic N) is 5. The summed E-state index contributed by atoms with van der Waals surface area (Å²) in [6.45, 7) is 3.78. The number of sulfonamides is 1. The standard InChI is InChI=1S/C22H24N6O2S/c1-4-28-14-17(16-6-5-15-8-11-26(2)19(15)13-16)21-18(7-10-23-22(21)28)25-31(29,30)20-9-12-27(3)24-20/h5-7,9-10,12-14H,4,8,11H2,1-3H3,(H,23,25). The van der Waals surface area contributed by atoms with Gasteiger partial charge in [0.25, 0.3) is 10.0 Å². The number of aryl methyl sites for hydroxylation is 2. The summed E-state index contributed by atoms with van der Waals surface area (Å²) >= 11 is 0. The summed E-state index contributed by atoms with van der Waals surface area (Å²) in [6, 6.07) is 9.64. The predicted octanol–water partition coefficient (Wildman–Crippen LogP) is 3.25. The van der Waals surface area contributed by atoms with Crippen molar-refractivity contribution in [3.63, 3.8) is 0 Å². The van der Waals surface area contributed by atoms with Crippen molar-refractivity contribution in [2.45, 2.75) is 24.9 Å². The highest BCUT2D eigenvalue weighted by molar-refractivity contribution is 7.92. The Morgan fingerprint density at radius 2 is 2.00 bits per heavy atom. The molecule has 31 heavy (non-hydrogen) atoms. The molecular formula is C22H24N6O2S. The van der Waals surface area contributed by atoms with Gasteiger partial charge in [-0.3, -0.25) is 9.40 Å². The van der Waals surface area contributed by atoms with E-state index in [1.165, 1.54) is 22.0 Å². The van der Waals surface area contributed by atoms with Gasteiger partial charge in [0.2, 0.25) is 0 Å². The molecular weight excluding hydrogens is 412 g/mol. The second kappa shape index (κ2) is 7.12. The zero-order chi connectivity index (χ0) is 21.8. The molecule has 0 bridgehead atoms. The van der Waals surface area contributed by atoms with Crippen LogP contribution in [0.1, 0.15) is 12.5 Å². The van der Waals surface area contributed by atoms with Crippen molar-refractivity contribution < 1.29 is 8.42 Å². The van der Waals surface area contributed by atoms with Gasteiger partial charge in [0.1, 0.15) is 5.65 Å². The van der Waals surface area contributed by atoms with Crippen molar-refractivity contribution in [1.82, 2.24) is 19.3 Å². The number of fused-ring (bicyclic) bond motifs is 2. The van der Waals surface area contributed by atoms with E-state index >= 15 is 0 Å². The third-order valence-corrected chi connectivity index (χ3v) is 7.09. The average Bonchev–Trinajstić information content (AvgIpc) is 3.45. The van der Waals surface area contributed by atoms with Crippen LogP contribution in [0.2, 0.25) is 0 Å². The maximum absolute atomic E-state index is 13.0. The molecule has 0 fully saturated rings. The molecule has 0 saturated carbocycles. The lowest BCUT2D eigenvalue weighted by Crippen LogP contribution is -2.14. The van der Waals surface area contributed by atoms with E-state index in [4.69, 9.17) is 0 Å². The van der Waals surface area contributed by atoms with E-state index < -0.39 is 10.0 Å². The molecule has 0 unspecified atom stereocenters. The monoisotopic (exact) mass is 436 g/mol. The molecule has 0 spiro atoms. The molecule has 1 aliphatic rings. The maximum Gasteiger partial charge on any atom is 0.281 e. The van der Waals surface area contributed by atoms with Gasteiger partial charge in [0.05, 0.1) is 11.1 Å². The topological polar surface area (TPSA) is 85.0 Å². The van der Waals surface area contributed by atoms with Gasteiger partial charge >= 0.3 is 0 Å². The van der Waals surface area contributed by atoms with E-state index in [1.807, 2.05) is 17.7 Å². The first-order valence-electron chi connectivity index (χ1n) is 10.2. The van der Waals surface area contributed by atoms with Crippen molar-refractivity contribution in [3.8, 4) is 11.1 Å². The van der Waals surface area contributed by atoms with Crippen LogP contribution >= 0.6 is 0 Å². The third kappa shape index (κ3) is 3.25. The minimum Gasteiger partial charge on any atom is -0.374 e. The van der Waals surface area contributed by atoms with E-state index in [9.17, 15) is 8.42 Å². The first-order chi connectivity index (χ1) is 14.9. The fourth-order valence-electron chi connectivity index (χ4n) is 4.20. The van der Waals surface area contributed by atoms with E-state index in [0.717, 1.165) is 41.7 Å². The van der Waals surface area contributed by atoms with E-state index in [2.05, 4.69) is 45.0 Å². The second-order valence-electron chi connectivity index (χ2n) is 7.83. The van der Waals surface area contributed by atoms with Gasteiger partial charge in [-0.15, -0.1) is 0 Å². The molecule has 4 aromatic rings. The summed E-state index contributed by atoms with van der Waals surface area (Å²) in [6.07, 6.45) is 6.33. The van der Waals surface area contributed by atoms with Gasteiger partial charge in [-0.25, -0.2) is 4.98 Å². The molecule has 160 valence electrons. The number of rotatable bonds is 5. The lowest BCUT2D eigenvalue weighted by atomic mass is 10.0. The lowest BCUT2D eigenvalue weighted by Gasteiger charge is -2.13. The highest BCUT2D eigenvalue weighted by Crippen LogP contribution is 2.38. The predicted molar refractivity (Wildman–Crippen MR) is 122 cm³/mol. The number of nitrogens with one attached hydrogen (secondary N) is 1. The Hall–Kier alpha value is -3.33. The molecule has 1 aromatic carbocycles. The van der Waals surface area contributed by atoms with Gasteiger partial charge in [-0.1, -0.05) is 12.1 Å². The molecule has 0 radical (unpaired) electrons. The summed E-state index contributed by atoms with van der Waals surface area (Å²) in [4.78, 5) is 6.80. The van der Waals surface area contributed by atoms with Gasteiger partial charge in [0, 0.05) is 57.0 Å². The SMILES string of the molecule is CCn1cc(-c2ccc3c(c2)N(C)CC3)c2c(NS(=O)(=O)c3ccn(C)n3)ccnc21. The largest absolute Gasteiger partial charge is 0.374 e. The molecule has 0 aliphatic carbocycles. The Morgan fingerprint density at radius 3 is 2.74 bits per heavy atom. The first kappa shape index (κ1) is 19.6. The van der Waals surface area contributed by atoms with Crippen LogP contribution in [0.3, 0.4) is 0 Å². The normalized spacial score (nSPS) is 13.7. The van der Waals surface area contributed by atoms with Crippen molar-refractivity contribution in [3.05, 3.63) is 54.5 Å². The summed E-state index contributed by atoms with van der Waals surface area (Å²) in [5.41, 5.74) is 5.77. The number of benzene rings is 1. The van der Waals surface area contributed by atoms with E-state index in [0.29, 0.717) is 5.69 Å². The van der Waals surface area contributed by atoms with Crippen LogP contribution in [0, 0.1) is 0 Å². The Morgan fingerprint density at radius 1 is 1.16 bits per heavy atom. The smallest absolute Gasteiger partial charge is 0.281 e. The van der Waals surface area contributed by atoms with Gasteiger partial charge in [-0.05, 0) is 42.7 Å². The molecule has 0 saturated heterocycles. The van der Waals surface area contributed by atoms with E-state index in [1.54, 1.807) is 25.5 Å². The Balaban J connectivity index is 1.68. The lowest BCUT2D eigenvalue weighted by molar-refractivity contribution is 0.593. The molecule has 0 atom stereocenters. The van der Waals surface area contributed by atoms with Crippen molar-refractivity contribution >= 4 is 32.4 Å². The van der Waals surface area contributed by atoms with Crippen LogP contribution in [-0.4, -0.2) is 41.3 Å². The molecule has 9 heteroatoms. The van der Waals surface area contributed by atoms with Gasteiger partial charge in [-0.2, -0.15) is 13.5 Å². The molecule has 4 heterocycles. The van der Waals surface area contributed by atoms with Crippen LogP contribution in [0.4, 0.5) is 11.4 Å². The van der Waals surface area contributed by atoms with Crippen LogP contribution in [0.15, 0.2) is 53.9 Å². The minimum atomic E-state index is -3.83. The highest BCUT2D eigenvalue weighted by atomic mass is 32.2. The number of pyridine rings is 1. The van der Waals surface area contributed by atoms with Gasteiger partial charge < -0.3 is 9.47 Å². The molecule has 1 aliphatic heterocycles. The van der Waals surface area contributed by atoms with Crippen LogP contribution < -0.4 is 9.62 Å². The number of likely N-dealkylation sites (N-methyl/N-ethyl adjacent to an activating group) is 1. The number of hydrogen-bond donors (Lipinski definition) is 1. The average molecular weight is 437 g/mol. The first-order valence-corrected chi connectivity index (χ1v) is 11.7. The Bertz CT molecular complexity index is 1400. The molecule has 1 N–H and O–H groups in total. The molecule has 0 amide bonds. The summed E-state index contributed by atoms with van der Waals surface area (Å²) in [5, 5.41) is 4.81. The zero-order valence-corrected chi connectivity index (χ0v) is 18.5. The zero-order valence-electron chi connectivity index (χ0n) is 17.7. The number of anilines is 2. The third-order valence-electron chi connectivity index (χ3n) is 5.83. The minimum absolute atomic E-state index is 0.0180. The second-order valence-corrected chi connectivity index (χ2v) is 9.46. The maximum atomic E-state index is 13.0. The quantitative estimate of drug-likeness (QED) is 0.519. The van der Waals surface area contributed by atoms with E-state index in [-0.39, 0.29) is 5.03 Å². The molecule has 3 aromatic heterocycles. The van der Waals surface area contributed by atoms with Crippen molar-refractivity contribution in [2.24, 2.45) is 7.05 Å². The fraction of sp³-hybridized carbons (Fsp3) is 0.273. The van der Waals surface area contributed by atoms with Crippen molar-refractivity contribution in [2.75, 3.05) is 23.2 Å². The van der Waals surface area contributed by atoms with Crippen molar-refractivity contribution in [1.29, 1.82) is 0 Å². The summed E-state index contributed by atoms with van der Waals surface area (Å²) < 4.78 is 32.2. The number of hydrogen-bond acceptors (Lipinski definition) is 5. The van der Waals surface area contributed by atoms with Crippen LogP contribution in [-0.2, 0) is 30.0 Å². The molecule has 8 nitrogen and oxygen atoms in total. The summed E-state index contributed by atoms with van der Waals surface area (Å²) in [5.74, 6) is 0. The summed E-state index contributed by atoms with van der Waals surface area (Å²) in [7, 11) is -0.0413. The Labute approximate surface area is 181 Å². The number of aromatic nitrogens is 4. The fourth-order valence-corrected chi connectivity index (χ4v) is 5.24. The van der Waals surface area contributed by atoms with Crippen LogP contribution in [0.25, 0.3) is 22.2 Å². The van der Waals surface area contributed by atoms with Gasteiger partial charge in [0.15, 0.2) is 5.03 Å².